The summed E-state index contributed by atoms with van der Waals surface area (Å²) in [5.41, 5.74) is 0. The highest BCUT2D eigenvalue weighted by atomic mass is 32.2. The molecule has 0 aromatic heterocycles. The van der Waals surface area contributed by atoms with E-state index in [1.807, 2.05) is 6.92 Å². The van der Waals surface area contributed by atoms with E-state index < -0.39 is 15.3 Å². The largest absolute Gasteiger partial charge is 0.395 e. The molecule has 3 atom stereocenters. The fourth-order valence-corrected chi connectivity index (χ4v) is 3.43. The van der Waals surface area contributed by atoms with Crippen molar-refractivity contribution >= 4 is 10.0 Å². The molecular formula is C9H19NO3S. The number of hydrogen-bond donors (Lipinski definition) is 1. The van der Waals surface area contributed by atoms with Gasteiger partial charge in [-0.2, -0.15) is 4.31 Å². The third-order valence-electron chi connectivity index (χ3n) is 3.18. The molecule has 1 rings (SSSR count). The van der Waals surface area contributed by atoms with Crippen LogP contribution in [0.3, 0.4) is 0 Å². The van der Waals surface area contributed by atoms with Gasteiger partial charge in [0.2, 0.25) is 10.0 Å². The Bertz CT molecular complexity index is 288. The van der Waals surface area contributed by atoms with Gasteiger partial charge in [0, 0.05) is 12.6 Å². The molecule has 0 saturated carbocycles. The lowest BCUT2D eigenvalue weighted by Gasteiger charge is -2.25. The van der Waals surface area contributed by atoms with Crippen molar-refractivity contribution in [2.75, 3.05) is 13.2 Å². The van der Waals surface area contributed by atoms with Gasteiger partial charge in [-0.3, -0.25) is 0 Å². The molecule has 5 heteroatoms. The molecule has 1 N–H and O–H groups in total. The van der Waals surface area contributed by atoms with Crippen LogP contribution in [0.15, 0.2) is 0 Å². The third-order valence-corrected chi connectivity index (χ3v) is 5.51. The maximum atomic E-state index is 11.9. The molecule has 0 spiro atoms. The monoisotopic (exact) mass is 221 g/mol. The molecule has 1 aliphatic rings. The molecule has 0 amide bonds. The molecule has 0 aromatic rings. The summed E-state index contributed by atoms with van der Waals surface area (Å²) >= 11 is 0. The summed E-state index contributed by atoms with van der Waals surface area (Å²) in [6.07, 6.45) is 0.915. The highest BCUT2D eigenvalue weighted by Gasteiger charge is 2.38. The van der Waals surface area contributed by atoms with Gasteiger partial charge in [0.1, 0.15) is 0 Å². The van der Waals surface area contributed by atoms with Crippen LogP contribution in [0, 0.1) is 5.92 Å². The molecule has 1 fully saturated rings. The minimum Gasteiger partial charge on any atom is -0.395 e. The normalized spacial score (nSPS) is 32.0. The van der Waals surface area contributed by atoms with E-state index in [4.69, 9.17) is 5.11 Å². The summed E-state index contributed by atoms with van der Waals surface area (Å²) in [7, 11) is -3.29. The highest BCUT2D eigenvalue weighted by molar-refractivity contribution is 7.89. The molecule has 1 aliphatic heterocycles. The van der Waals surface area contributed by atoms with Crippen LogP contribution >= 0.6 is 0 Å². The predicted molar refractivity (Wildman–Crippen MR) is 55.4 cm³/mol. The van der Waals surface area contributed by atoms with E-state index in [0.29, 0.717) is 12.5 Å². The average molecular weight is 221 g/mol. The van der Waals surface area contributed by atoms with E-state index in [1.54, 1.807) is 6.92 Å². The Hall–Kier alpha value is -0.130. The number of rotatable bonds is 3. The van der Waals surface area contributed by atoms with Gasteiger partial charge in [0.15, 0.2) is 0 Å². The van der Waals surface area contributed by atoms with E-state index in [0.717, 1.165) is 6.42 Å². The van der Waals surface area contributed by atoms with Crippen molar-refractivity contribution in [3.8, 4) is 0 Å². The molecule has 14 heavy (non-hydrogen) atoms. The van der Waals surface area contributed by atoms with Crippen LogP contribution in [0.4, 0.5) is 0 Å². The number of aliphatic hydroxyl groups is 1. The standard InChI is InChI=1S/C9H19NO3S/c1-7-4-5-10(9(7)3)14(12,13)8(2)6-11/h7-9,11H,4-6H2,1-3H3. The fourth-order valence-electron chi connectivity index (χ4n) is 1.74. The van der Waals surface area contributed by atoms with Gasteiger partial charge >= 0.3 is 0 Å². The number of nitrogens with zero attached hydrogens (tertiary/aromatic N) is 1. The molecule has 0 radical (unpaired) electrons. The van der Waals surface area contributed by atoms with Crippen molar-refractivity contribution in [1.82, 2.24) is 4.31 Å². The zero-order valence-corrected chi connectivity index (χ0v) is 9.79. The SMILES string of the molecule is CC1CCN(S(=O)(=O)C(C)CO)C1C. The zero-order valence-electron chi connectivity index (χ0n) is 8.97. The Kier molecular flexibility index (Phi) is 3.55. The first-order valence-corrected chi connectivity index (χ1v) is 6.53. The van der Waals surface area contributed by atoms with Crippen LogP contribution in [0.1, 0.15) is 27.2 Å². The molecule has 84 valence electrons. The lowest BCUT2D eigenvalue weighted by molar-refractivity contribution is 0.286. The Morgan fingerprint density at radius 1 is 1.50 bits per heavy atom. The van der Waals surface area contributed by atoms with Gasteiger partial charge in [0.05, 0.1) is 11.9 Å². The molecule has 1 heterocycles. The maximum absolute atomic E-state index is 11.9. The van der Waals surface area contributed by atoms with Crippen molar-refractivity contribution in [3.63, 3.8) is 0 Å². The summed E-state index contributed by atoms with van der Waals surface area (Å²) in [4.78, 5) is 0. The second-order valence-corrected chi connectivity index (χ2v) is 6.46. The lowest BCUT2D eigenvalue weighted by atomic mass is 10.1. The summed E-state index contributed by atoms with van der Waals surface area (Å²) < 4.78 is 25.3. The topological polar surface area (TPSA) is 57.6 Å². The molecule has 1 saturated heterocycles. The van der Waals surface area contributed by atoms with Crippen molar-refractivity contribution in [3.05, 3.63) is 0 Å². The summed E-state index contributed by atoms with van der Waals surface area (Å²) in [5.74, 6) is 0.413. The van der Waals surface area contributed by atoms with Gasteiger partial charge < -0.3 is 5.11 Å². The third kappa shape index (κ3) is 1.94. The minimum absolute atomic E-state index is 0.0639. The van der Waals surface area contributed by atoms with E-state index in [1.165, 1.54) is 4.31 Å². The van der Waals surface area contributed by atoms with E-state index in [2.05, 4.69) is 6.92 Å². The van der Waals surface area contributed by atoms with Gasteiger partial charge in [-0.25, -0.2) is 8.42 Å². The van der Waals surface area contributed by atoms with Crippen molar-refractivity contribution in [2.45, 2.75) is 38.5 Å². The van der Waals surface area contributed by atoms with Crippen molar-refractivity contribution < 1.29 is 13.5 Å². The van der Waals surface area contributed by atoms with Crippen LogP contribution in [-0.2, 0) is 10.0 Å². The molecule has 4 nitrogen and oxygen atoms in total. The van der Waals surface area contributed by atoms with E-state index in [9.17, 15) is 8.42 Å². The minimum atomic E-state index is -3.29. The van der Waals surface area contributed by atoms with E-state index >= 15 is 0 Å². The smallest absolute Gasteiger partial charge is 0.219 e. The Morgan fingerprint density at radius 3 is 2.43 bits per heavy atom. The Morgan fingerprint density at radius 2 is 2.07 bits per heavy atom. The molecule has 0 aliphatic carbocycles. The first-order valence-electron chi connectivity index (χ1n) is 5.02. The van der Waals surface area contributed by atoms with Crippen LogP contribution in [0.2, 0.25) is 0 Å². The summed E-state index contributed by atoms with van der Waals surface area (Å²) in [5, 5.41) is 8.19. The van der Waals surface area contributed by atoms with Crippen LogP contribution in [0.25, 0.3) is 0 Å². The number of sulfonamides is 1. The average Bonchev–Trinajstić information content (AvgIpc) is 2.46. The number of aliphatic hydroxyl groups excluding tert-OH is 1. The molecule has 0 aromatic carbocycles. The summed E-state index contributed by atoms with van der Waals surface area (Å²) in [6.45, 7) is 5.82. The maximum Gasteiger partial charge on any atom is 0.219 e. The molecular weight excluding hydrogens is 202 g/mol. The van der Waals surface area contributed by atoms with E-state index in [-0.39, 0.29) is 12.6 Å². The Balaban J connectivity index is 2.84. The zero-order chi connectivity index (χ0) is 10.9. The second-order valence-electron chi connectivity index (χ2n) is 4.16. The quantitative estimate of drug-likeness (QED) is 0.752. The van der Waals surface area contributed by atoms with Gasteiger partial charge in [-0.15, -0.1) is 0 Å². The van der Waals surface area contributed by atoms with Crippen LogP contribution < -0.4 is 0 Å². The van der Waals surface area contributed by atoms with Crippen molar-refractivity contribution in [2.24, 2.45) is 5.92 Å². The summed E-state index contributed by atoms with van der Waals surface area (Å²) in [6, 6.07) is 0.0639. The second kappa shape index (κ2) is 4.16. The fraction of sp³-hybridized carbons (Fsp3) is 1.00. The first-order chi connectivity index (χ1) is 6.41. The van der Waals surface area contributed by atoms with Gasteiger partial charge in [-0.05, 0) is 26.2 Å². The lowest BCUT2D eigenvalue weighted by Crippen LogP contribution is -2.41. The van der Waals surface area contributed by atoms with Gasteiger partial charge in [-0.1, -0.05) is 6.92 Å². The molecule has 3 unspecified atom stereocenters. The van der Waals surface area contributed by atoms with Crippen LogP contribution in [0.5, 0.6) is 0 Å². The van der Waals surface area contributed by atoms with Crippen LogP contribution in [-0.4, -0.2) is 42.3 Å². The molecule has 0 bridgehead atoms. The van der Waals surface area contributed by atoms with Gasteiger partial charge in [0.25, 0.3) is 0 Å². The Labute approximate surface area is 86.0 Å². The highest BCUT2D eigenvalue weighted by Crippen LogP contribution is 2.27. The first kappa shape index (κ1) is 11.9. The van der Waals surface area contributed by atoms with Crippen molar-refractivity contribution in [1.29, 1.82) is 0 Å². The predicted octanol–water partition coefficient (Wildman–Crippen LogP) is 0.427. The number of hydrogen-bond acceptors (Lipinski definition) is 3.